The molecular weight excluding hydrogens is 282 g/mol. The zero-order valence-corrected chi connectivity index (χ0v) is 12.8. The monoisotopic (exact) mass is 299 g/mol. The van der Waals surface area contributed by atoms with Gasteiger partial charge < -0.3 is 14.2 Å². The molecule has 6 nitrogen and oxygen atoms in total. The summed E-state index contributed by atoms with van der Waals surface area (Å²) < 4.78 is 7.24. The van der Waals surface area contributed by atoms with Gasteiger partial charge in [-0.2, -0.15) is 0 Å². The lowest BCUT2D eigenvalue weighted by atomic mass is 10.1. The molecule has 0 amide bonds. The summed E-state index contributed by atoms with van der Waals surface area (Å²) in [7, 11) is 0. The van der Waals surface area contributed by atoms with Gasteiger partial charge in [-0.3, -0.25) is 4.79 Å². The number of pyridine rings is 1. The molecule has 114 valence electrons. The summed E-state index contributed by atoms with van der Waals surface area (Å²) in [6, 6.07) is 3.74. The summed E-state index contributed by atoms with van der Waals surface area (Å²) in [4.78, 5) is 15.6. The second-order valence-corrected chi connectivity index (χ2v) is 5.40. The molecule has 6 heteroatoms. The van der Waals surface area contributed by atoms with Crippen LogP contribution in [-0.2, 0) is 17.8 Å². The Morgan fingerprint density at radius 2 is 2.09 bits per heavy atom. The van der Waals surface area contributed by atoms with Crippen molar-refractivity contribution in [1.82, 2.24) is 14.7 Å². The van der Waals surface area contributed by atoms with Gasteiger partial charge in [-0.25, -0.2) is 4.98 Å². The van der Waals surface area contributed by atoms with Crippen LogP contribution in [0, 0.1) is 20.8 Å². The van der Waals surface area contributed by atoms with Crippen molar-refractivity contribution in [1.29, 1.82) is 0 Å². The van der Waals surface area contributed by atoms with Gasteiger partial charge >= 0.3 is 5.97 Å². The van der Waals surface area contributed by atoms with E-state index in [2.05, 4.69) is 10.1 Å². The van der Waals surface area contributed by atoms with Crippen LogP contribution in [0.1, 0.15) is 28.3 Å². The van der Waals surface area contributed by atoms with Crippen molar-refractivity contribution in [3.05, 3.63) is 46.6 Å². The number of aromatic nitrogens is 3. The highest BCUT2D eigenvalue weighted by Crippen LogP contribution is 2.27. The van der Waals surface area contributed by atoms with E-state index in [-0.39, 0.29) is 6.42 Å². The highest BCUT2D eigenvalue weighted by atomic mass is 16.5. The van der Waals surface area contributed by atoms with Crippen LogP contribution in [0.5, 0.6) is 0 Å². The molecule has 1 N–H and O–H groups in total. The Labute approximate surface area is 127 Å². The summed E-state index contributed by atoms with van der Waals surface area (Å²) in [5.41, 5.74) is 4.36. The molecule has 0 saturated carbocycles. The fraction of sp³-hybridized carbons (Fsp3) is 0.312. The topological polar surface area (TPSA) is 81.2 Å². The van der Waals surface area contributed by atoms with Gasteiger partial charge in [-0.15, -0.1) is 0 Å². The molecular formula is C16H17N3O3. The van der Waals surface area contributed by atoms with E-state index in [0.29, 0.717) is 6.54 Å². The van der Waals surface area contributed by atoms with Crippen LogP contribution in [0.4, 0.5) is 0 Å². The molecule has 0 bridgehead atoms. The maximum atomic E-state index is 11.1. The molecule has 0 unspecified atom stereocenters. The summed E-state index contributed by atoms with van der Waals surface area (Å²) >= 11 is 0. The van der Waals surface area contributed by atoms with Crippen molar-refractivity contribution in [2.45, 2.75) is 33.7 Å². The average molecular weight is 299 g/mol. The summed E-state index contributed by atoms with van der Waals surface area (Å²) in [5.74, 6) is -0.0715. The van der Waals surface area contributed by atoms with Gasteiger partial charge in [0.05, 0.1) is 18.7 Å². The van der Waals surface area contributed by atoms with Gasteiger partial charge in [0.15, 0.2) is 0 Å². The highest BCUT2D eigenvalue weighted by Gasteiger charge is 2.19. The lowest BCUT2D eigenvalue weighted by molar-refractivity contribution is -0.136. The first-order chi connectivity index (χ1) is 10.5. The van der Waals surface area contributed by atoms with E-state index in [1.54, 1.807) is 6.20 Å². The summed E-state index contributed by atoms with van der Waals surface area (Å²) in [6.07, 6.45) is 1.71. The third-order valence-electron chi connectivity index (χ3n) is 4.03. The molecule has 0 aliphatic rings. The molecule has 0 saturated heterocycles. The quantitative estimate of drug-likeness (QED) is 0.801. The Kier molecular flexibility index (Phi) is 3.44. The molecule has 0 atom stereocenters. The first-order valence-corrected chi connectivity index (χ1v) is 7.05. The molecule has 3 aromatic heterocycles. The predicted molar refractivity (Wildman–Crippen MR) is 80.9 cm³/mol. The fourth-order valence-electron chi connectivity index (χ4n) is 2.82. The largest absolute Gasteiger partial charge is 0.481 e. The number of fused-ring (bicyclic) bond motifs is 1. The van der Waals surface area contributed by atoms with Crippen molar-refractivity contribution < 1.29 is 14.4 Å². The molecule has 3 aromatic rings. The first kappa shape index (κ1) is 14.3. The number of aryl methyl sites for hydroxylation is 2. The van der Waals surface area contributed by atoms with E-state index in [1.165, 1.54) is 0 Å². The lowest BCUT2D eigenvalue weighted by Crippen LogP contribution is -2.06. The van der Waals surface area contributed by atoms with Gasteiger partial charge in [-0.05, 0) is 38.5 Å². The third kappa shape index (κ3) is 2.26. The van der Waals surface area contributed by atoms with Crippen LogP contribution < -0.4 is 0 Å². The van der Waals surface area contributed by atoms with E-state index in [4.69, 9.17) is 9.63 Å². The van der Waals surface area contributed by atoms with Crippen LogP contribution >= 0.6 is 0 Å². The summed E-state index contributed by atoms with van der Waals surface area (Å²) in [6.45, 7) is 6.28. The number of carbonyl (C=O) groups is 1. The molecule has 22 heavy (non-hydrogen) atoms. The van der Waals surface area contributed by atoms with Crippen LogP contribution in [-0.4, -0.2) is 25.8 Å². The summed E-state index contributed by atoms with van der Waals surface area (Å²) in [5, 5.41) is 14.0. The number of carboxylic acid groups (broad SMARTS) is 1. The van der Waals surface area contributed by atoms with Crippen LogP contribution in [0.3, 0.4) is 0 Å². The third-order valence-corrected chi connectivity index (χ3v) is 4.03. The molecule has 3 rings (SSSR count). The Balaban J connectivity index is 2.17. The van der Waals surface area contributed by atoms with Gasteiger partial charge in [0.2, 0.25) is 0 Å². The van der Waals surface area contributed by atoms with Crippen molar-refractivity contribution in [2.75, 3.05) is 0 Å². The van der Waals surface area contributed by atoms with E-state index in [1.807, 2.05) is 37.5 Å². The van der Waals surface area contributed by atoms with Crippen molar-refractivity contribution in [3.8, 4) is 0 Å². The van der Waals surface area contributed by atoms with Crippen LogP contribution in [0.15, 0.2) is 22.9 Å². The number of rotatable bonds is 4. The average Bonchev–Trinajstić information content (AvgIpc) is 2.93. The van der Waals surface area contributed by atoms with E-state index < -0.39 is 5.97 Å². The van der Waals surface area contributed by atoms with Gasteiger partial charge in [0.1, 0.15) is 11.4 Å². The minimum absolute atomic E-state index is 0.0113. The molecule has 0 aliphatic carbocycles. The number of carboxylic acids is 1. The minimum atomic E-state index is -0.844. The van der Waals surface area contributed by atoms with Gasteiger partial charge in [-0.1, -0.05) is 5.16 Å². The molecule has 0 radical (unpaired) electrons. The van der Waals surface area contributed by atoms with Crippen LogP contribution in [0.2, 0.25) is 0 Å². The van der Waals surface area contributed by atoms with E-state index in [0.717, 1.165) is 39.3 Å². The Morgan fingerprint density at radius 1 is 1.32 bits per heavy atom. The van der Waals surface area contributed by atoms with E-state index in [9.17, 15) is 4.79 Å². The van der Waals surface area contributed by atoms with Crippen molar-refractivity contribution >= 4 is 17.0 Å². The normalized spacial score (nSPS) is 11.2. The maximum Gasteiger partial charge on any atom is 0.307 e. The molecule has 0 spiro atoms. The molecule has 0 aromatic carbocycles. The number of nitrogens with zero attached hydrogens (tertiary/aromatic N) is 3. The molecule has 0 aliphatic heterocycles. The Morgan fingerprint density at radius 3 is 2.73 bits per heavy atom. The minimum Gasteiger partial charge on any atom is -0.481 e. The predicted octanol–water partition coefficient (Wildman–Crippen LogP) is 2.62. The molecule has 3 heterocycles. The SMILES string of the molecule is Cc1noc(C)c1Cn1c(C)c(CC(=O)O)c2cccnc21. The standard InChI is InChI=1S/C16H17N3O3/c1-9-14(11(3)22-18-9)8-19-10(2)13(7-15(20)21)12-5-4-6-17-16(12)19/h4-6H,7-8H2,1-3H3,(H,20,21). The maximum absolute atomic E-state index is 11.1. The first-order valence-electron chi connectivity index (χ1n) is 7.05. The van der Waals surface area contributed by atoms with E-state index >= 15 is 0 Å². The number of hydrogen-bond donors (Lipinski definition) is 1. The van der Waals surface area contributed by atoms with Crippen molar-refractivity contribution in [3.63, 3.8) is 0 Å². The zero-order valence-electron chi connectivity index (χ0n) is 12.8. The van der Waals surface area contributed by atoms with Crippen LogP contribution in [0.25, 0.3) is 11.0 Å². The second kappa shape index (κ2) is 5.29. The second-order valence-electron chi connectivity index (χ2n) is 5.40. The fourth-order valence-corrected chi connectivity index (χ4v) is 2.82. The number of aliphatic carboxylic acids is 1. The van der Waals surface area contributed by atoms with Crippen molar-refractivity contribution in [2.24, 2.45) is 0 Å². The Hall–Kier alpha value is -2.63. The smallest absolute Gasteiger partial charge is 0.307 e. The Bertz CT molecular complexity index is 842. The van der Waals surface area contributed by atoms with Gasteiger partial charge in [0.25, 0.3) is 0 Å². The zero-order chi connectivity index (χ0) is 15.9. The van der Waals surface area contributed by atoms with Gasteiger partial charge in [0, 0.05) is 22.8 Å². The molecule has 0 fully saturated rings. The lowest BCUT2D eigenvalue weighted by Gasteiger charge is -2.07. The number of hydrogen-bond acceptors (Lipinski definition) is 4. The highest BCUT2D eigenvalue weighted by molar-refractivity contribution is 5.86.